The minimum absolute atomic E-state index is 0.126. The van der Waals surface area contributed by atoms with Crippen LogP contribution in [-0.2, 0) is 12.8 Å². The summed E-state index contributed by atoms with van der Waals surface area (Å²) < 4.78 is 13.4. The van der Waals surface area contributed by atoms with Crippen LogP contribution in [0.5, 0.6) is 0 Å². The molecule has 0 nitrogen and oxygen atoms in total. The van der Waals surface area contributed by atoms with Gasteiger partial charge >= 0.3 is 0 Å². The van der Waals surface area contributed by atoms with Crippen molar-refractivity contribution in [2.45, 2.75) is 64.2 Å². The van der Waals surface area contributed by atoms with E-state index in [1.165, 1.54) is 60.8 Å². The van der Waals surface area contributed by atoms with Gasteiger partial charge in [-0.3, -0.25) is 0 Å². The van der Waals surface area contributed by atoms with Gasteiger partial charge in [0.15, 0.2) is 0 Å². The van der Waals surface area contributed by atoms with Gasteiger partial charge in [-0.05, 0) is 90.3 Å². The fourth-order valence-corrected chi connectivity index (χ4v) is 4.85. The molecule has 1 fully saturated rings. The average molecular weight is 349 g/mol. The van der Waals surface area contributed by atoms with Crippen LogP contribution in [0.3, 0.4) is 0 Å². The van der Waals surface area contributed by atoms with Crippen molar-refractivity contribution in [1.29, 1.82) is 0 Å². The van der Waals surface area contributed by atoms with E-state index in [4.69, 9.17) is 0 Å². The molecule has 0 aliphatic heterocycles. The van der Waals surface area contributed by atoms with Gasteiger partial charge in [0, 0.05) is 0 Å². The zero-order valence-electron chi connectivity index (χ0n) is 15.8. The number of benzene rings is 2. The van der Waals surface area contributed by atoms with Gasteiger partial charge in [0.1, 0.15) is 5.82 Å². The van der Waals surface area contributed by atoms with E-state index in [2.05, 4.69) is 37.3 Å². The number of hydrogen-bond donors (Lipinski definition) is 0. The first kappa shape index (κ1) is 17.5. The first-order valence-electron chi connectivity index (χ1n) is 10.3. The first-order valence-corrected chi connectivity index (χ1v) is 10.3. The highest BCUT2D eigenvalue weighted by molar-refractivity contribution is 5.70. The zero-order valence-corrected chi connectivity index (χ0v) is 15.8. The summed E-state index contributed by atoms with van der Waals surface area (Å²) in [4.78, 5) is 0. The lowest BCUT2D eigenvalue weighted by atomic mass is 9.77. The summed E-state index contributed by atoms with van der Waals surface area (Å²) in [6, 6.07) is 14.5. The van der Waals surface area contributed by atoms with Crippen LogP contribution >= 0.6 is 0 Å². The van der Waals surface area contributed by atoms with Gasteiger partial charge in [-0.2, -0.15) is 0 Å². The summed E-state index contributed by atoms with van der Waals surface area (Å²) in [5.74, 6) is 1.59. The molecule has 0 spiro atoms. The molecule has 136 valence electrons. The third-order valence-corrected chi connectivity index (χ3v) is 6.41. The van der Waals surface area contributed by atoms with Crippen LogP contribution in [0, 0.1) is 11.7 Å². The van der Waals surface area contributed by atoms with Crippen LogP contribution in [0.25, 0.3) is 5.57 Å². The Labute approximate surface area is 157 Å². The van der Waals surface area contributed by atoms with Gasteiger partial charge in [-0.1, -0.05) is 56.2 Å². The second kappa shape index (κ2) is 7.78. The van der Waals surface area contributed by atoms with Crippen LogP contribution in [0.2, 0.25) is 0 Å². The molecule has 2 aliphatic carbocycles. The highest BCUT2D eigenvalue weighted by Gasteiger charge is 2.22. The van der Waals surface area contributed by atoms with Crippen molar-refractivity contribution in [2.24, 2.45) is 5.92 Å². The van der Waals surface area contributed by atoms with Crippen molar-refractivity contribution < 1.29 is 4.39 Å². The molecule has 26 heavy (non-hydrogen) atoms. The molecule has 1 saturated carbocycles. The molecule has 2 aliphatic rings. The fourth-order valence-electron chi connectivity index (χ4n) is 4.85. The van der Waals surface area contributed by atoms with Gasteiger partial charge in [-0.25, -0.2) is 4.39 Å². The van der Waals surface area contributed by atoms with Crippen LogP contribution in [-0.4, -0.2) is 0 Å². The third-order valence-electron chi connectivity index (χ3n) is 6.41. The van der Waals surface area contributed by atoms with Crippen molar-refractivity contribution in [3.05, 3.63) is 76.6 Å². The van der Waals surface area contributed by atoms with Gasteiger partial charge in [0.25, 0.3) is 0 Å². The Morgan fingerprint density at radius 3 is 2.42 bits per heavy atom. The molecule has 0 atom stereocenters. The Hall–Kier alpha value is -1.89. The molecule has 0 radical (unpaired) electrons. The number of halogens is 1. The fraction of sp³-hybridized carbons (Fsp3) is 0.440. The molecule has 0 saturated heterocycles. The van der Waals surface area contributed by atoms with E-state index in [9.17, 15) is 4.39 Å². The molecule has 0 N–H and O–H groups in total. The maximum absolute atomic E-state index is 13.4. The van der Waals surface area contributed by atoms with E-state index in [1.54, 1.807) is 12.1 Å². The number of allylic oxidation sites excluding steroid dienone is 2. The van der Waals surface area contributed by atoms with Gasteiger partial charge in [0.2, 0.25) is 0 Å². The van der Waals surface area contributed by atoms with E-state index in [0.29, 0.717) is 0 Å². The van der Waals surface area contributed by atoms with E-state index in [-0.39, 0.29) is 5.82 Å². The Morgan fingerprint density at radius 1 is 0.923 bits per heavy atom. The first-order chi connectivity index (χ1) is 12.7. The third kappa shape index (κ3) is 3.77. The van der Waals surface area contributed by atoms with Crippen LogP contribution in [0.4, 0.5) is 4.39 Å². The minimum atomic E-state index is -0.126. The van der Waals surface area contributed by atoms with Crippen molar-refractivity contribution in [3.63, 3.8) is 0 Å². The van der Waals surface area contributed by atoms with Crippen molar-refractivity contribution in [3.8, 4) is 0 Å². The molecule has 0 unspecified atom stereocenters. The van der Waals surface area contributed by atoms with Gasteiger partial charge in [0.05, 0.1) is 0 Å². The van der Waals surface area contributed by atoms with Crippen molar-refractivity contribution in [2.75, 3.05) is 0 Å². The Morgan fingerprint density at radius 2 is 1.69 bits per heavy atom. The molecule has 0 bridgehead atoms. The zero-order chi connectivity index (χ0) is 17.9. The summed E-state index contributed by atoms with van der Waals surface area (Å²) >= 11 is 0. The molecule has 0 heterocycles. The van der Waals surface area contributed by atoms with Crippen LogP contribution < -0.4 is 0 Å². The Kier molecular flexibility index (Phi) is 5.24. The SMILES string of the molecule is CCCC1CCC(c2ccc(C3=CCc4cc(F)ccc4C3)cc2)CC1. The maximum atomic E-state index is 13.4. The highest BCUT2D eigenvalue weighted by Crippen LogP contribution is 2.38. The second-order valence-electron chi connectivity index (χ2n) is 8.15. The molecule has 0 amide bonds. The lowest BCUT2D eigenvalue weighted by Crippen LogP contribution is -2.13. The molecule has 0 aromatic heterocycles. The van der Waals surface area contributed by atoms with E-state index in [0.717, 1.165) is 30.2 Å². The molecule has 2 aromatic rings. The van der Waals surface area contributed by atoms with Crippen molar-refractivity contribution >= 4 is 5.57 Å². The molecular weight excluding hydrogens is 319 g/mol. The molecule has 1 heteroatoms. The normalized spacial score (nSPS) is 22.6. The summed E-state index contributed by atoms with van der Waals surface area (Å²) in [6.07, 6.45) is 12.3. The summed E-state index contributed by atoms with van der Waals surface area (Å²) in [5.41, 5.74) is 6.62. The van der Waals surface area contributed by atoms with E-state index >= 15 is 0 Å². The minimum Gasteiger partial charge on any atom is -0.207 e. The largest absolute Gasteiger partial charge is 0.207 e. The number of hydrogen-bond acceptors (Lipinski definition) is 0. The molecule has 4 rings (SSSR count). The predicted molar refractivity (Wildman–Crippen MR) is 108 cm³/mol. The second-order valence-corrected chi connectivity index (χ2v) is 8.15. The Bertz CT molecular complexity index is 776. The average Bonchev–Trinajstić information content (AvgIpc) is 2.69. The lowest BCUT2D eigenvalue weighted by Gasteiger charge is -2.28. The summed E-state index contributed by atoms with van der Waals surface area (Å²) in [5, 5.41) is 0. The quantitative estimate of drug-likeness (QED) is 0.553. The van der Waals surface area contributed by atoms with Gasteiger partial charge in [-0.15, -0.1) is 0 Å². The number of fused-ring (bicyclic) bond motifs is 1. The standard InChI is InChI=1S/C25H29F/c1-2-3-18-4-6-19(7-5-18)20-8-10-21(11-9-20)22-12-13-24-17-25(26)15-14-23(24)16-22/h8-12,14-15,17-19H,2-7,13,16H2,1H3. The van der Waals surface area contributed by atoms with Crippen LogP contribution in [0.1, 0.15) is 73.6 Å². The van der Waals surface area contributed by atoms with Gasteiger partial charge < -0.3 is 0 Å². The molecular formula is C25H29F. The predicted octanol–water partition coefficient (Wildman–Crippen LogP) is 7.08. The smallest absolute Gasteiger partial charge is 0.123 e. The lowest BCUT2D eigenvalue weighted by molar-refractivity contribution is 0.308. The topological polar surface area (TPSA) is 0 Å². The molecule has 2 aromatic carbocycles. The summed E-state index contributed by atoms with van der Waals surface area (Å²) in [6.45, 7) is 2.31. The van der Waals surface area contributed by atoms with Crippen LogP contribution in [0.15, 0.2) is 48.5 Å². The highest BCUT2D eigenvalue weighted by atomic mass is 19.1. The van der Waals surface area contributed by atoms with E-state index in [1.807, 2.05) is 6.07 Å². The van der Waals surface area contributed by atoms with Crippen molar-refractivity contribution in [1.82, 2.24) is 0 Å². The maximum Gasteiger partial charge on any atom is 0.123 e. The number of rotatable bonds is 4. The monoisotopic (exact) mass is 348 g/mol. The summed E-state index contributed by atoms with van der Waals surface area (Å²) in [7, 11) is 0. The van der Waals surface area contributed by atoms with E-state index < -0.39 is 0 Å². The Balaban J connectivity index is 1.42.